The van der Waals surface area contributed by atoms with Crippen LogP contribution >= 0.6 is 0 Å². The lowest BCUT2D eigenvalue weighted by atomic mass is 10.1. The molecule has 1 saturated carbocycles. The summed E-state index contributed by atoms with van der Waals surface area (Å²) >= 11 is 0. The standard InChI is InChI=1S/C16H22N2O2/c1-18(10-15(19)12-6-7-12)16(20)17-14-9-8-11-4-2-3-5-13(11)14/h2-5,12,14-15,19H,6-10H2,1H3,(H,17,20). The molecule has 1 aromatic rings. The minimum atomic E-state index is -0.374. The number of benzene rings is 1. The molecule has 2 amide bonds. The van der Waals surface area contributed by atoms with Gasteiger partial charge in [-0.15, -0.1) is 0 Å². The third-order valence-corrected chi connectivity index (χ3v) is 4.40. The zero-order valence-electron chi connectivity index (χ0n) is 11.9. The van der Waals surface area contributed by atoms with E-state index in [9.17, 15) is 9.90 Å². The summed E-state index contributed by atoms with van der Waals surface area (Å²) in [7, 11) is 1.75. The summed E-state index contributed by atoms with van der Waals surface area (Å²) in [6.45, 7) is 0.421. The molecule has 2 aliphatic carbocycles. The van der Waals surface area contributed by atoms with Gasteiger partial charge in [0, 0.05) is 13.6 Å². The van der Waals surface area contributed by atoms with E-state index >= 15 is 0 Å². The van der Waals surface area contributed by atoms with Gasteiger partial charge in [0.05, 0.1) is 12.1 Å². The third-order valence-electron chi connectivity index (χ3n) is 4.40. The lowest BCUT2D eigenvalue weighted by Gasteiger charge is -2.23. The summed E-state index contributed by atoms with van der Waals surface area (Å²) in [5.74, 6) is 0.400. The van der Waals surface area contributed by atoms with Crippen LogP contribution in [-0.4, -0.2) is 35.7 Å². The van der Waals surface area contributed by atoms with Crippen molar-refractivity contribution < 1.29 is 9.90 Å². The Labute approximate surface area is 119 Å². The van der Waals surface area contributed by atoms with E-state index < -0.39 is 0 Å². The third kappa shape index (κ3) is 2.80. The number of nitrogens with one attached hydrogen (secondary N) is 1. The fourth-order valence-corrected chi connectivity index (χ4v) is 2.96. The van der Waals surface area contributed by atoms with Crippen LogP contribution in [0.15, 0.2) is 24.3 Å². The maximum atomic E-state index is 12.2. The maximum Gasteiger partial charge on any atom is 0.317 e. The van der Waals surface area contributed by atoms with Crippen LogP contribution in [0.25, 0.3) is 0 Å². The van der Waals surface area contributed by atoms with E-state index in [2.05, 4.69) is 17.4 Å². The van der Waals surface area contributed by atoms with Crippen LogP contribution < -0.4 is 5.32 Å². The van der Waals surface area contributed by atoms with Crippen molar-refractivity contribution >= 4 is 6.03 Å². The molecule has 0 heterocycles. The lowest BCUT2D eigenvalue weighted by molar-refractivity contribution is 0.112. The Kier molecular flexibility index (Phi) is 3.66. The van der Waals surface area contributed by atoms with Gasteiger partial charge >= 0.3 is 6.03 Å². The van der Waals surface area contributed by atoms with Gasteiger partial charge in [0.15, 0.2) is 0 Å². The van der Waals surface area contributed by atoms with E-state index in [1.807, 2.05) is 12.1 Å². The molecule has 20 heavy (non-hydrogen) atoms. The van der Waals surface area contributed by atoms with Gasteiger partial charge in [0.2, 0.25) is 0 Å². The highest BCUT2D eigenvalue weighted by Crippen LogP contribution is 2.33. The van der Waals surface area contributed by atoms with E-state index in [4.69, 9.17) is 0 Å². The molecular formula is C16H22N2O2. The van der Waals surface area contributed by atoms with Crippen LogP contribution in [0.5, 0.6) is 0 Å². The molecule has 0 saturated heterocycles. The molecule has 1 fully saturated rings. The molecule has 0 bridgehead atoms. The first-order chi connectivity index (χ1) is 9.65. The molecule has 4 nitrogen and oxygen atoms in total. The Morgan fingerprint density at radius 1 is 1.40 bits per heavy atom. The highest BCUT2D eigenvalue weighted by Gasteiger charge is 2.32. The SMILES string of the molecule is CN(CC(O)C1CC1)C(=O)NC1CCc2ccccc21. The summed E-state index contributed by atoms with van der Waals surface area (Å²) in [5.41, 5.74) is 2.57. The van der Waals surface area contributed by atoms with Crippen LogP contribution in [0.2, 0.25) is 0 Å². The van der Waals surface area contributed by atoms with Gasteiger partial charge < -0.3 is 15.3 Å². The first kappa shape index (κ1) is 13.4. The van der Waals surface area contributed by atoms with Gasteiger partial charge in [0.1, 0.15) is 0 Å². The molecule has 0 aromatic heterocycles. The molecule has 2 aliphatic rings. The summed E-state index contributed by atoms with van der Waals surface area (Å²) in [4.78, 5) is 13.8. The number of amides is 2. The average molecular weight is 274 g/mol. The lowest BCUT2D eigenvalue weighted by Crippen LogP contribution is -2.42. The molecule has 4 heteroatoms. The number of nitrogens with zero attached hydrogens (tertiary/aromatic N) is 1. The number of fused-ring (bicyclic) bond motifs is 1. The van der Waals surface area contributed by atoms with Crippen molar-refractivity contribution in [3.05, 3.63) is 35.4 Å². The number of carbonyl (C=O) groups is 1. The van der Waals surface area contributed by atoms with Crippen molar-refractivity contribution in [1.29, 1.82) is 0 Å². The van der Waals surface area contributed by atoms with E-state index in [1.54, 1.807) is 11.9 Å². The minimum absolute atomic E-state index is 0.0913. The first-order valence-electron chi connectivity index (χ1n) is 7.42. The van der Waals surface area contributed by atoms with E-state index in [-0.39, 0.29) is 18.2 Å². The summed E-state index contributed by atoms with van der Waals surface area (Å²) in [6, 6.07) is 8.30. The minimum Gasteiger partial charge on any atom is -0.391 e. The Morgan fingerprint density at radius 2 is 2.15 bits per heavy atom. The second kappa shape index (κ2) is 5.44. The molecule has 2 atom stereocenters. The van der Waals surface area contributed by atoms with E-state index in [1.165, 1.54) is 11.1 Å². The highest BCUT2D eigenvalue weighted by atomic mass is 16.3. The predicted octanol–water partition coefficient (Wildman–Crippen LogP) is 2.09. The number of urea groups is 1. The number of hydrogen-bond donors (Lipinski definition) is 2. The Bertz CT molecular complexity index is 499. The van der Waals surface area contributed by atoms with Crippen molar-refractivity contribution in [2.24, 2.45) is 5.92 Å². The van der Waals surface area contributed by atoms with Crippen molar-refractivity contribution in [1.82, 2.24) is 10.2 Å². The van der Waals surface area contributed by atoms with Gasteiger partial charge in [-0.3, -0.25) is 0 Å². The van der Waals surface area contributed by atoms with Crippen molar-refractivity contribution in [3.63, 3.8) is 0 Å². The number of likely N-dealkylation sites (N-methyl/N-ethyl adjacent to an activating group) is 1. The quantitative estimate of drug-likeness (QED) is 0.883. The van der Waals surface area contributed by atoms with E-state index in [0.717, 1.165) is 25.7 Å². The Balaban J connectivity index is 1.56. The van der Waals surface area contributed by atoms with Crippen molar-refractivity contribution in [3.8, 4) is 0 Å². The van der Waals surface area contributed by atoms with Crippen LogP contribution in [0.1, 0.15) is 36.4 Å². The smallest absolute Gasteiger partial charge is 0.317 e. The molecule has 0 aliphatic heterocycles. The van der Waals surface area contributed by atoms with Crippen molar-refractivity contribution in [2.45, 2.75) is 37.8 Å². The van der Waals surface area contributed by atoms with Gasteiger partial charge in [-0.2, -0.15) is 0 Å². The monoisotopic (exact) mass is 274 g/mol. The number of aryl methyl sites for hydroxylation is 1. The summed E-state index contributed by atoms with van der Waals surface area (Å²) < 4.78 is 0. The fourth-order valence-electron chi connectivity index (χ4n) is 2.96. The van der Waals surface area contributed by atoms with Gasteiger partial charge in [-0.1, -0.05) is 24.3 Å². The van der Waals surface area contributed by atoms with Gasteiger partial charge in [0.25, 0.3) is 0 Å². The Hall–Kier alpha value is -1.55. The van der Waals surface area contributed by atoms with Crippen LogP contribution in [-0.2, 0) is 6.42 Å². The molecule has 1 aromatic carbocycles. The first-order valence-corrected chi connectivity index (χ1v) is 7.42. The van der Waals surface area contributed by atoms with Crippen LogP contribution in [0.4, 0.5) is 4.79 Å². The normalized spacial score (nSPS) is 22.2. The predicted molar refractivity (Wildman–Crippen MR) is 77.4 cm³/mol. The summed E-state index contributed by atoms with van der Waals surface area (Å²) in [5, 5.41) is 13.0. The number of aliphatic hydroxyl groups excluding tert-OH is 1. The number of aliphatic hydroxyl groups is 1. The maximum absolute atomic E-state index is 12.2. The summed E-state index contributed by atoms with van der Waals surface area (Å²) in [6.07, 6.45) is 3.79. The van der Waals surface area contributed by atoms with Crippen LogP contribution in [0, 0.1) is 5.92 Å². The molecule has 2 unspecified atom stereocenters. The molecule has 0 spiro atoms. The number of hydrogen-bond acceptors (Lipinski definition) is 2. The average Bonchev–Trinajstić information content (AvgIpc) is 3.22. The highest BCUT2D eigenvalue weighted by molar-refractivity contribution is 5.74. The molecule has 0 radical (unpaired) electrons. The molecule has 3 rings (SSSR count). The second-order valence-electron chi connectivity index (χ2n) is 6.02. The van der Waals surface area contributed by atoms with Crippen molar-refractivity contribution in [2.75, 3.05) is 13.6 Å². The second-order valence-corrected chi connectivity index (χ2v) is 6.02. The van der Waals surface area contributed by atoms with Gasteiger partial charge in [-0.25, -0.2) is 4.79 Å². The number of carbonyl (C=O) groups excluding carboxylic acids is 1. The van der Waals surface area contributed by atoms with Crippen LogP contribution in [0.3, 0.4) is 0 Å². The Morgan fingerprint density at radius 3 is 2.90 bits per heavy atom. The van der Waals surface area contributed by atoms with Gasteiger partial charge in [-0.05, 0) is 42.7 Å². The topological polar surface area (TPSA) is 52.6 Å². The van der Waals surface area contributed by atoms with E-state index in [0.29, 0.717) is 12.5 Å². The largest absolute Gasteiger partial charge is 0.391 e. The molecular weight excluding hydrogens is 252 g/mol. The zero-order chi connectivity index (χ0) is 14.1. The molecule has 108 valence electrons. The number of rotatable bonds is 4. The fraction of sp³-hybridized carbons (Fsp3) is 0.562. The molecule has 2 N–H and O–H groups in total. The zero-order valence-corrected chi connectivity index (χ0v) is 11.9.